The lowest BCUT2D eigenvalue weighted by molar-refractivity contribution is -0.137. The van der Waals surface area contributed by atoms with Gasteiger partial charge >= 0.3 is 5.97 Å². The van der Waals surface area contributed by atoms with Gasteiger partial charge < -0.3 is 15.2 Å². The Morgan fingerprint density at radius 2 is 2.07 bits per heavy atom. The fourth-order valence-electron chi connectivity index (χ4n) is 1.11. The van der Waals surface area contributed by atoms with Gasteiger partial charge in [0.25, 0.3) is 0 Å². The minimum absolute atomic E-state index is 0.0415. The maximum absolute atomic E-state index is 11.3. The maximum atomic E-state index is 11.3. The highest BCUT2D eigenvalue weighted by molar-refractivity contribution is 5.76. The summed E-state index contributed by atoms with van der Waals surface area (Å²) in [6, 6.07) is 0.0716. The van der Waals surface area contributed by atoms with Crippen molar-refractivity contribution in [1.29, 1.82) is 0 Å². The second-order valence-corrected chi connectivity index (χ2v) is 3.50. The Balaban J connectivity index is 3.50. The molecule has 5 heteroatoms. The number of nitrogens with one attached hydrogen (secondary N) is 1. The predicted octanol–water partition coefficient (Wildman–Crippen LogP) is 0.782. The van der Waals surface area contributed by atoms with Gasteiger partial charge in [-0.25, -0.2) is 0 Å². The highest BCUT2D eigenvalue weighted by Gasteiger charge is 2.07. The molecule has 0 aliphatic rings. The Morgan fingerprint density at radius 3 is 2.60 bits per heavy atom. The Hall–Kier alpha value is -1.10. The minimum Gasteiger partial charge on any atom is -0.481 e. The third kappa shape index (κ3) is 9.21. The zero-order valence-corrected chi connectivity index (χ0v) is 9.28. The molecule has 2 N–H and O–H groups in total. The van der Waals surface area contributed by atoms with Gasteiger partial charge in [-0.15, -0.1) is 0 Å². The highest BCUT2D eigenvalue weighted by Crippen LogP contribution is 1.97. The molecule has 0 radical (unpaired) electrons. The quantitative estimate of drug-likeness (QED) is 0.630. The molecular formula is C10H19NO4. The number of carboxylic acids is 1. The van der Waals surface area contributed by atoms with Crippen molar-refractivity contribution in [3.8, 4) is 0 Å². The van der Waals surface area contributed by atoms with Gasteiger partial charge in [-0.3, -0.25) is 9.59 Å². The second-order valence-electron chi connectivity index (χ2n) is 3.50. The number of ether oxygens (including phenoxy) is 1. The van der Waals surface area contributed by atoms with Crippen LogP contribution in [0.3, 0.4) is 0 Å². The summed E-state index contributed by atoms with van der Waals surface area (Å²) in [6.45, 7) is 2.50. The second kappa shape index (κ2) is 8.23. The van der Waals surface area contributed by atoms with E-state index < -0.39 is 5.97 Å². The van der Waals surface area contributed by atoms with E-state index in [2.05, 4.69) is 5.32 Å². The molecule has 0 aromatic carbocycles. The van der Waals surface area contributed by atoms with E-state index in [-0.39, 0.29) is 24.8 Å². The molecule has 15 heavy (non-hydrogen) atoms. The normalized spacial score (nSPS) is 12.1. The first-order chi connectivity index (χ1) is 7.06. The molecule has 0 bridgehead atoms. The summed E-state index contributed by atoms with van der Waals surface area (Å²) in [5.74, 6) is -0.963. The molecule has 0 saturated heterocycles. The Morgan fingerprint density at radius 1 is 1.40 bits per heavy atom. The molecule has 0 spiro atoms. The van der Waals surface area contributed by atoms with Gasteiger partial charge in [0.1, 0.15) is 0 Å². The van der Waals surface area contributed by atoms with E-state index in [1.807, 2.05) is 6.92 Å². The number of rotatable bonds is 8. The molecule has 0 aromatic rings. The number of carbonyl (C=O) groups excluding carboxylic acids is 1. The molecule has 1 atom stereocenters. The van der Waals surface area contributed by atoms with E-state index >= 15 is 0 Å². The van der Waals surface area contributed by atoms with Crippen molar-refractivity contribution >= 4 is 11.9 Å². The predicted molar refractivity (Wildman–Crippen MR) is 55.6 cm³/mol. The average Bonchev–Trinajstić information content (AvgIpc) is 2.14. The summed E-state index contributed by atoms with van der Waals surface area (Å²) in [5.41, 5.74) is 0. The summed E-state index contributed by atoms with van der Waals surface area (Å²) in [4.78, 5) is 21.4. The Kier molecular flexibility index (Phi) is 7.62. The standard InChI is InChI=1S/C10H19NO4/c1-8(6-7-15-2)11-9(12)4-3-5-10(13)14/h8H,3-7H2,1-2H3,(H,11,12)(H,13,14). The van der Waals surface area contributed by atoms with Gasteiger partial charge in [-0.05, 0) is 19.8 Å². The van der Waals surface area contributed by atoms with Crippen LogP contribution in [0.5, 0.6) is 0 Å². The minimum atomic E-state index is -0.866. The van der Waals surface area contributed by atoms with E-state index in [0.29, 0.717) is 13.0 Å². The fraction of sp³-hybridized carbons (Fsp3) is 0.800. The lowest BCUT2D eigenvalue weighted by Gasteiger charge is -2.12. The van der Waals surface area contributed by atoms with Crippen LogP contribution in [0.2, 0.25) is 0 Å². The lowest BCUT2D eigenvalue weighted by Crippen LogP contribution is -2.33. The van der Waals surface area contributed by atoms with Crippen LogP contribution in [0.15, 0.2) is 0 Å². The monoisotopic (exact) mass is 217 g/mol. The topological polar surface area (TPSA) is 75.6 Å². The van der Waals surface area contributed by atoms with Crippen molar-refractivity contribution in [3.63, 3.8) is 0 Å². The Bertz CT molecular complexity index is 206. The van der Waals surface area contributed by atoms with Crippen molar-refractivity contribution in [1.82, 2.24) is 5.32 Å². The van der Waals surface area contributed by atoms with Crippen LogP contribution in [0.4, 0.5) is 0 Å². The SMILES string of the molecule is COCCC(C)NC(=O)CCCC(=O)O. The third-order valence-corrected chi connectivity index (χ3v) is 1.96. The van der Waals surface area contributed by atoms with Crippen LogP contribution in [0.1, 0.15) is 32.6 Å². The first-order valence-electron chi connectivity index (χ1n) is 5.06. The average molecular weight is 217 g/mol. The van der Waals surface area contributed by atoms with Crippen LogP contribution in [-0.2, 0) is 14.3 Å². The van der Waals surface area contributed by atoms with Gasteiger partial charge in [0.2, 0.25) is 5.91 Å². The molecule has 88 valence electrons. The molecule has 1 amide bonds. The van der Waals surface area contributed by atoms with Crippen LogP contribution in [0.25, 0.3) is 0 Å². The van der Waals surface area contributed by atoms with Gasteiger partial charge in [-0.2, -0.15) is 0 Å². The van der Waals surface area contributed by atoms with E-state index in [4.69, 9.17) is 9.84 Å². The molecule has 0 fully saturated rings. The van der Waals surface area contributed by atoms with Crippen LogP contribution in [0, 0.1) is 0 Å². The molecular weight excluding hydrogens is 198 g/mol. The molecule has 0 rings (SSSR count). The van der Waals surface area contributed by atoms with Crippen molar-refractivity contribution < 1.29 is 19.4 Å². The summed E-state index contributed by atoms with van der Waals surface area (Å²) < 4.78 is 4.88. The maximum Gasteiger partial charge on any atom is 0.303 e. The number of amides is 1. The molecule has 0 aliphatic heterocycles. The number of hydrogen-bond donors (Lipinski definition) is 2. The van der Waals surface area contributed by atoms with Crippen LogP contribution >= 0.6 is 0 Å². The summed E-state index contributed by atoms with van der Waals surface area (Å²) in [7, 11) is 1.61. The lowest BCUT2D eigenvalue weighted by atomic mass is 10.2. The highest BCUT2D eigenvalue weighted by atomic mass is 16.5. The van der Waals surface area contributed by atoms with E-state index in [1.54, 1.807) is 7.11 Å². The van der Waals surface area contributed by atoms with Crippen molar-refractivity contribution in [2.45, 2.75) is 38.6 Å². The molecule has 0 heterocycles. The molecule has 0 aromatic heterocycles. The number of aliphatic carboxylic acids is 1. The van der Waals surface area contributed by atoms with E-state index in [0.717, 1.165) is 6.42 Å². The van der Waals surface area contributed by atoms with E-state index in [9.17, 15) is 9.59 Å². The summed E-state index contributed by atoms with van der Waals surface area (Å²) in [6.07, 6.45) is 1.46. The molecule has 0 aliphatic carbocycles. The van der Waals surface area contributed by atoms with Gasteiger partial charge in [0, 0.05) is 32.6 Å². The first-order valence-corrected chi connectivity index (χ1v) is 5.06. The first kappa shape index (κ1) is 13.9. The largest absolute Gasteiger partial charge is 0.481 e. The van der Waals surface area contributed by atoms with Crippen molar-refractivity contribution in [2.24, 2.45) is 0 Å². The van der Waals surface area contributed by atoms with Crippen LogP contribution < -0.4 is 5.32 Å². The molecule has 5 nitrogen and oxygen atoms in total. The fourth-order valence-corrected chi connectivity index (χ4v) is 1.11. The smallest absolute Gasteiger partial charge is 0.303 e. The van der Waals surface area contributed by atoms with Crippen molar-refractivity contribution in [3.05, 3.63) is 0 Å². The Labute approximate surface area is 89.8 Å². The molecule has 0 saturated carbocycles. The van der Waals surface area contributed by atoms with Crippen LogP contribution in [-0.4, -0.2) is 36.7 Å². The summed E-state index contributed by atoms with van der Waals surface area (Å²) in [5, 5.41) is 11.2. The summed E-state index contributed by atoms with van der Waals surface area (Å²) >= 11 is 0. The number of carboxylic acid groups (broad SMARTS) is 1. The number of methoxy groups -OCH3 is 1. The van der Waals surface area contributed by atoms with Gasteiger partial charge in [0.15, 0.2) is 0 Å². The number of hydrogen-bond acceptors (Lipinski definition) is 3. The zero-order valence-electron chi connectivity index (χ0n) is 9.28. The van der Waals surface area contributed by atoms with Crippen molar-refractivity contribution in [2.75, 3.05) is 13.7 Å². The van der Waals surface area contributed by atoms with Gasteiger partial charge in [-0.1, -0.05) is 0 Å². The van der Waals surface area contributed by atoms with E-state index in [1.165, 1.54) is 0 Å². The third-order valence-electron chi connectivity index (χ3n) is 1.96. The number of carbonyl (C=O) groups is 2. The zero-order chi connectivity index (χ0) is 11.7. The van der Waals surface area contributed by atoms with Gasteiger partial charge in [0.05, 0.1) is 0 Å². The molecule has 1 unspecified atom stereocenters.